The first kappa shape index (κ1) is 107. The maximum absolute atomic E-state index is 11.8. The summed E-state index contributed by atoms with van der Waals surface area (Å²) in [5.74, 6) is 10.0. The Morgan fingerprint density at radius 3 is 1.25 bits per heavy atom. The summed E-state index contributed by atoms with van der Waals surface area (Å²) in [6.45, 7) is 48.5. The number of rotatable bonds is 27. The molecule has 3 atom stereocenters. The predicted molar refractivity (Wildman–Crippen MR) is 501 cm³/mol. The Kier molecular flexibility index (Phi) is 41.5. The number of ketones is 3. The maximum Gasteiger partial charge on any atom is 0.217 e. The van der Waals surface area contributed by atoms with Gasteiger partial charge in [-0.25, -0.2) is 15.0 Å². The molecule has 4 fully saturated rings. The van der Waals surface area contributed by atoms with E-state index in [2.05, 4.69) is 124 Å². The molecule has 3 heterocycles. The van der Waals surface area contributed by atoms with Crippen LogP contribution in [0.1, 0.15) is 344 Å². The fourth-order valence-electron chi connectivity index (χ4n) is 14.7. The fraction of sp³-hybridized carbons (Fsp3) is 0.505. The minimum atomic E-state index is -0.377. The molecule has 4 saturated carbocycles. The minimum Gasteiger partial charge on any atom is -0.512 e. The molecule has 12 nitrogen and oxygen atoms in total. The summed E-state index contributed by atoms with van der Waals surface area (Å²) >= 11 is 0. The summed E-state index contributed by atoms with van der Waals surface area (Å²) < 4.78 is 17.8. The molecule has 124 heavy (non-hydrogen) atoms. The quantitative estimate of drug-likeness (QED) is 0.0252. The molecule has 3 unspecified atom stereocenters. The zero-order valence-electron chi connectivity index (χ0n) is 78.9. The molecular formula is C109H144Ir3N3O9-3. The van der Waals surface area contributed by atoms with Gasteiger partial charge in [0.1, 0.15) is 17.3 Å². The zero-order chi connectivity index (χ0) is 89.0. The van der Waals surface area contributed by atoms with Crippen LogP contribution >= 0.6 is 0 Å². The number of allylic oxidation sites excluding steroid dienone is 6. The number of para-hydroxylation sites is 3. The van der Waals surface area contributed by atoms with E-state index in [1.807, 2.05) is 216 Å². The molecule has 15 heteroatoms. The third-order valence-electron chi connectivity index (χ3n) is 26.6. The van der Waals surface area contributed by atoms with E-state index in [1.165, 1.54) is 155 Å². The zero-order valence-corrected chi connectivity index (χ0v) is 86.0. The number of pyridine rings is 3. The number of ether oxygens (including phenoxy) is 3. The number of aromatic nitrogens is 3. The molecule has 2 bridgehead atoms. The van der Waals surface area contributed by atoms with Crippen LogP contribution in [-0.4, -0.2) is 47.6 Å². The van der Waals surface area contributed by atoms with Crippen molar-refractivity contribution in [3.8, 4) is 34.9 Å². The van der Waals surface area contributed by atoms with Crippen LogP contribution in [0, 0.1) is 62.5 Å². The largest absolute Gasteiger partial charge is 0.512 e. The van der Waals surface area contributed by atoms with Gasteiger partial charge in [-0.1, -0.05) is 228 Å². The van der Waals surface area contributed by atoms with Crippen LogP contribution in [0.25, 0.3) is 32.3 Å². The molecule has 6 aromatic carbocycles. The van der Waals surface area contributed by atoms with Gasteiger partial charge in [0.05, 0.1) is 5.69 Å². The molecule has 13 rings (SSSR count). The van der Waals surface area contributed by atoms with Gasteiger partial charge in [0.15, 0.2) is 17.3 Å². The van der Waals surface area contributed by atoms with Crippen molar-refractivity contribution < 1.29 is 104 Å². The van der Waals surface area contributed by atoms with Crippen molar-refractivity contribution in [2.45, 2.75) is 311 Å². The minimum absolute atomic E-state index is 0. The molecule has 4 aliphatic rings. The van der Waals surface area contributed by atoms with E-state index in [0.29, 0.717) is 64.5 Å². The topological polar surface area (TPSA) is 178 Å². The normalized spacial score (nSPS) is 16.3. The second-order valence-electron chi connectivity index (χ2n) is 39.0. The molecule has 0 aliphatic heterocycles. The Labute approximate surface area is 785 Å². The molecule has 0 saturated heterocycles. The number of hydrogen-bond acceptors (Lipinski definition) is 12. The van der Waals surface area contributed by atoms with E-state index >= 15 is 0 Å². The maximum atomic E-state index is 11.8. The molecule has 9 aromatic rings. The van der Waals surface area contributed by atoms with Gasteiger partial charge in [-0.2, -0.15) is 54.6 Å². The van der Waals surface area contributed by atoms with Gasteiger partial charge >= 0.3 is 0 Å². The summed E-state index contributed by atoms with van der Waals surface area (Å²) in [7, 11) is 0. The Bertz CT molecular complexity index is 4860. The molecule has 3 N–H and O–H groups in total. The van der Waals surface area contributed by atoms with Gasteiger partial charge in [0.2, 0.25) is 17.6 Å². The predicted octanol–water partition coefficient (Wildman–Crippen LogP) is 31.3. The van der Waals surface area contributed by atoms with Crippen molar-refractivity contribution in [3.05, 3.63) is 233 Å². The second-order valence-corrected chi connectivity index (χ2v) is 39.0. The van der Waals surface area contributed by atoms with Crippen molar-refractivity contribution >= 4 is 49.7 Å². The van der Waals surface area contributed by atoms with E-state index in [-0.39, 0.29) is 127 Å². The summed E-state index contributed by atoms with van der Waals surface area (Å²) in [6, 6.07) is 54.8. The number of carbonyl (C=O) groups is 3. The van der Waals surface area contributed by atoms with Gasteiger partial charge in [-0.3, -0.25) is 14.4 Å². The summed E-state index contributed by atoms with van der Waals surface area (Å²) in [6.07, 6.45) is 27.6. The van der Waals surface area contributed by atoms with E-state index in [1.54, 1.807) is 0 Å². The van der Waals surface area contributed by atoms with E-state index in [9.17, 15) is 29.7 Å². The number of nitrogens with zero attached hydrogens (tertiary/aromatic N) is 3. The van der Waals surface area contributed by atoms with Crippen molar-refractivity contribution in [2.75, 3.05) is 0 Å². The van der Waals surface area contributed by atoms with Crippen LogP contribution in [0.5, 0.6) is 34.9 Å². The summed E-state index contributed by atoms with van der Waals surface area (Å²) in [5, 5.41) is 37.0. The van der Waals surface area contributed by atoms with Crippen LogP contribution in [0.4, 0.5) is 0 Å². The average molecular weight is 2220 g/mol. The Hall–Kier alpha value is -7.47. The number of fused-ring (bicyclic) bond motifs is 5. The van der Waals surface area contributed by atoms with Crippen LogP contribution < -0.4 is 14.2 Å². The van der Waals surface area contributed by atoms with Crippen LogP contribution in [0.3, 0.4) is 0 Å². The standard InChI is InChI=1S/C25H26NO.C24H26NO.C21H20NO.3C13H24O2.3Ir/c1-16(2)22-13-19(23-11-17-8-9-18(23)10-17)12-20-15-26-25(14-24(20)22)27-21-6-4-3-5-7-21;1-17(2)19-13-14-22-20(15-19)16-23(26-21-11-7-4-8-12-21)25-24(22)18-9-5-3-6-10-18;1-14(2)16-10-17-12-21(23-18-6-4-3-5-7-18)22-13-20(17)19(11-16)15-8-9-15;3*1-7-12(3,4)10(14)9-11(15)13(5,6)8-2;;;/h3-6,12-18,23H,8-11H2,1-2H3;4,7-8,11,13-18H,3,5-6,9-10H2,1-2H3;3-6,10-15H,8-9H2,1-2H3;3*9,14H,7-8H2,1-6H3;;;/q3*-1;;;;;;. The first-order chi connectivity index (χ1) is 57.1. The second kappa shape index (κ2) is 48.1. The fourth-order valence-corrected chi connectivity index (χ4v) is 14.7. The van der Waals surface area contributed by atoms with Gasteiger partial charge in [0.25, 0.3) is 0 Å². The van der Waals surface area contributed by atoms with E-state index in [0.717, 1.165) is 56.3 Å². The number of hydrogen-bond donors (Lipinski definition) is 3. The average Bonchev–Trinajstić information content (AvgIpc) is 1.53. The van der Waals surface area contributed by atoms with Crippen molar-refractivity contribution in [1.29, 1.82) is 0 Å². The number of benzene rings is 6. The first-order valence-electron chi connectivity index (χ1n) is 45.2. The van der Waals surface area contributed by atoms with Crippen LogP contribution in [0.15, 0.2) is 181 Å². The molecule has 0 spiro atoms. The molecule has 679 valence electrons. The van der Waals surface area contributed by atoms with Crippen molar-refractivity contribution in [2.24, 2.45) is 44.3 Å². The molecule has 4 aliphatic carbocycles. The van der Waals surface area contributed by atoms with Gasteiger partial charge in [-0.15, -0.1) is 36.4 Å². The summed E-state index contributed by atoms with van der Waals surface area (Å²) in [4.78, 5) is 49.5. The Morgan fingerprint density at radius 1 is 0.419 bits per heavy atom. The van der Waals surface area contributed by atoms with Crippen molar-refractivity contribution in [3.63, 3.8) is 0 Å². The first-order valence-corrected chi connectivity index (χ1v) is 45.2. The van der Waals surface area contributed by atoms with E-state index in [4.69, 9.17) is 19.2 Å². The third-order valence-corrected chi connectivity index (χ3v) is 26.6. The number of aliphatic hydroxyl groups excluding tert-OH is 3. The third kappa shape index (κ3) is 30.1. The van der Waals surface area contributed by atoms with Gasteiger partial charge in [-0.05, 0) is 175 Å². The van der Waals surface area contributed by atoms with Crippen molar-refractivity contribution in [1.82, 2.24) is 15.0 Å². The van der Waals surface area contributed by atoms with E-state index < -0.39 is 0 Å². The Balaban J connectivity index is 0.000000268. The van der Waals surface area contributed by atoms with Crippen LogP contribution in [-0.2, 0) is 74.7 Å². The summed E-state index contributed by atoms with van der Waals surface area (Å²) in [5.41, 5.74) is 6.31. The molecule has 0 amide bonds. The molecule has 3 aromatic heterocycles. The molecular weight excluding hydrogens is 2070 g/mol. The van der Waals surface area contributed by atoms with Crippen LogP contribution in [0.2, 0.25) is 0 Å². The number of carbonyl (C=O) groups excluding carboxylic acids is 3. The van der Waals surface area contributed by atoms with Gasteiger partial charge in [0, 0.05) is 181 Å². The smallest absolute Gasteiger partial charge is 0.217 e. The van der Waals surface area contributed by atoms with Gasteiger partial charge < -0.3 is 29.5 Å². The Morgan fingerprint density at radius 2 is 0.847 bits per heavy atom. The SMILES string of the molecule is CC(C)c1cc(C2CC2)c2cnc(Oc3[c-]cccc3)cc2c1.CC(C)c1cc(C2CC3CCC2C3)cc2cnc(Oc3[c-]cccc3)cc12.CC(C)c1ccc2c(C3CCCCC3)nc(Oc3[c-]cccc3)cc2c1.CCC(C)(C)C(=O)C=C(O)C(C)(C)CC.CCC(C)(C)C(=O)C=C(O)C(C)(C)CC.CCC(C)(C)C(=O)C=C(O)C(C)(C)CC.[Ir].[Ir].[Ir]. The monoisotopic (exact) mass is 2220 g/mol. The number of aliphatic hydroxyl groups is 3. The molecule has 3 radical (unpaired) electrons.